The summed E-state index contributed by atoms with van der Waals surface area (Å²) in [5, 5.41) is 8.65. The van der Waals surface area contributed by atoms with E-state index in [1.165, 1.54) is 0 Å². The van der Waals surface area contributed by atoms with E-state index < -0.39 is 24.4 Å². The molecular weight excluding hydrogens is 219 g/mol. The number of aliphatic hydroxyl groups is 1. The molecule has 0 aromatic carbocycles. The standard InChI is InChI=1S/C8H7ClF3NO/c9-2-6-7(8(11)12)5(10)1-4(3-14)13-6/h1,8,14H,2-3H2. The van der Waals surface area contributed by atoms with Crippen molar-refractivity contribution < 1.29 is 18.3 Å². The smallest absolute Gasteiger partial charge is 0.268 e. The van der Waals surface area contributed by atoms with Crippen LogP contribution in [0.1, 0.15) is 23.4 Å². The average molecular weight is 226 g/mol. The fourth-order valence-electron chi connectivity index (χ4n) is 1.04. The van der Waals surface area contributed by atoms with Crippen LogP contribution in [0.5, 0.6) is 0 Å². The molecule has 0 unspecified atom stereocenters. The maximum Gasteiger partial charge on any atom is 0.268 e. The third-order valence-corrected chi connectivity index (χ3v) is 1.90. The van der Waals surface area contributed by atoms with Crippen molar-refractivity contribution in [2.75, 3.05) is 0 Å². The van der Waals surface area contributed by atoms with Gasteiger partial charge in [-0.3, -0.25) is 4.98 Å². The normalized spacial score (nSPS) is 11.0. The minimum atomic E-state index is -2.95. The topological polar surface area (TPSA) is 33.1 Å². The summed E-state index contributed by atoms with van der Waals surface area (Å²) < 4.78 is 37.7. The van der Waals surface area contributed by atoms with Crippen LogP contribution in [0.4, 0.5) is 13.2 Å². The quantitative estimate of drug-likeness (QED) is 0.802. The van der Waals surface area contributed by atoms with Crippen molar-refractivity contribution in [1.82, 2.24) is 4.98 Å². The van der Waals surface area contributed by atoms with Crippen LogP contribution in [0.3, 0.4) is 0 Å². The van der Waals surface area contributed by atoms with E-state index in [0.717, 1.165) is 6.07 Å². The lowest BCUT2D eigenvalue weighted by Crippen LogP contribution is -2.04. The molecule has 0 aliphatic rings. The summed E-state index contributed by atoms with van der Waals surface area (Å²) in [4.78, 5) is 3.59. The van der Waals surface area contributed by atoms with Crippen molar-refractivity contribution in [2.24, 2.45) is 0 Å². The van der Waals surface area contributed by atoms with E-state index in [1.54, 1.807) is 0 Å². The van der Waals surface area contributed by atoms with Gasteiger partial charge < -0.3 is 5.11 Å². The van der Waals surface area contributed by atoms with E-state index in [2.05, 4.69) is 4.98 Å². The number of hydrogen-bond donors (Lipinski definition) is 1. The molecule has 0 bridgehead atoms. The summed E-state index contributed by atoms with van der Waals surface area (Å²) in [6, 6.07) is 0.775. The molecule has 0 spiro atoms. The SMILES string of the molecule is OCc1cc(F)c(C(F)F)c(CCl)n1. The Bertz CT molecular complexity index is 333. The lowest BCUT2D eigenvalue weighted by atomic mass is 10.2. The second-order valence-electron chi connectivity index (χ2n) is 2.55. The molecule has 2 nitrogen and oxygen atoms in total. The Morgan fingerprint density at radius 1 is 1.50 bits per heavy atom. The number of halogens is 4. The molecule has 1 rings (SSSR count). The number of alkyl halides is 3. The zero-order chi connectivity index (χ0) is 10.7. The molecule has 6 heteroatoms. The Labute approximate surface area is 83.3 Å². The Hall–Kier alpha value is -0.810. The van der Waals surface area contributed by atoms with E-state index in [9.17, 15) is 13.2 Å². The largest absolute Gasteiger partial charge is 0.390 e. The molecule has 0 saturated carbocycles. The van der Waals surface area contributed by atoms with Crippen molar-refractivity contribution in [3.63, 3.8) is 0 Å². The third-order valence-electron chi connectivity index (χ3n) is 1.65. The molecule has 0 radical (unpaired) electrons. The highest BCUT2D eigenvalue weighted by Gasteiger charge is 2.20. The predicted octanol–water partition coefficient (Wildman–Crippen LogP) is 2.39. The van der Waals surface area contributed by atoms with Gasteiger partial charge in [0, 0.05) is 0 Å². The van der Waals surface area contributed by atoms with Crippen molar-refractivity contribution >= 4 is 11.6 Å². The van der Waals surface area contributed by atoms with Crippen molar-refractivity contribution in [3.05, 3.63) is 28.8 Å². The van der Waals surface area contributed by atoms with Gasteiger partial charge in [0.05, 0.1) is 29.4 Å². The van der Waals surface area contributed by atoms with Crippen molar-refractivity contribution in [1.29, 1.82) is 0 Å². The van der Waals surface area contributed by atoms with Crippen LogP contribution in [0.25, 0.3) is 0 Å². The molecule has 1 aromatic heterocycles. The Kier molecular flexibility index (Phi) is 3.71. The highest BCUT2D eigenvalue weighted by Crippen LogP contribution is 2.26. The first kappa shape index (κ1) is 11.3. The van der Waals surface area contributed by atoms with Crippen molar-refractivity contribution in [3.8, 4) is 0 Å². The number of nitrogens with zero attached hydrogens (tertiary/aromatic N) is 1. The summed E-state index contributed by atoms with van der Waals surface area (Å²) in [6.45, 7) is -0.510. The molecule has 1 aromatic rings. The van der Waals surface area contributed by atoms with Gasteiger partial charge in [-0.05, 0) is 6.07 Å². The van der Waals surface area contributed by atoms with Crippen molar-refractivity contribution in [2.45, 2.75) is 18.9 Å². The van der Waals surface area contributed by atoms with Gasteiger partial charge in [-0.2, -0.15) is 0 Å². The molecule has 1 heterocycles. The van der Waals surface area contributed by atoms with E-state index in [-0.39, 0.29) is 17.3 Å². The van der Waals surface area contributed by atoms with Crippen LogP contribution in [0, 0.1) is 5.82 Å². The first-order valence-electron chi connectivity index (χ1n) is 3.73. The summed E-state index contributed by atoms with van der Waals surface area (Å²) in [5.74, 6) is -1.40. The maximum atomic E-state index is 13.0. The Morgan fingerprint density at radius 3 is 2.57 bits per heavy atom. The van der Waals surface area contributed by atoms with Gasteiger partial charge in [0.25, 0.3) is 6.43 Å². The second-order valence-corrected chi connectivity index (χ2v) is 2.82. The molecule has 78 valence electrons. The summed E-state index contributed by atoms with van der Waals surface area (Å²) in [7, 11) is 0. The molecule has 0 amide bonds. The van der Waals surface area contributed by atoms with Gasteiger partial charge in [0.15, 0.2) is 0 Å². The van der Waals surface area contributed by atoms with E-state index in [4.69, 9.17) is 16.7 Å². The Morgan fingerprint density at radius 2 is 2.14 bits per heavy atom. The van der Waals surface area contributed by atoms with Crippen LogP contribution in [-0.2, 0) is 12.5 Å². The van der Waals surface area contributed by atoms with Gasteiger partial charge in [-0.25, -0.2) is 13.2 Å². The third kappa shape index (κ3) is 2.16. The van der Waals surface area contributed by atoms with Crippen LogP contribution >= 0.6 is 11.6 Å². The minimum absolute atomic E-state index is 0.0115. The molecule has 0 aliphatic carbocycles. The minimum Gasteiger partial charge on any atom is -0.390 e. The monoisotopic (exact) mass is 225 g/mol. The average Bonchev–Trinajstić information content (AvgIpc) is 2.15. The number of hydrogen-bond acceptors (Lipinski definition) is 2. The van der Waals surface area contributed by atoms with Gasteiger partial charge in [-0.1, -0.05) is 0 Å². The van der Waals surface area contributed by atoms with Crippen LogP contribution in [-0.4, -0.2) is 10.1 Å². The Balaban J connectivity index is 3.27. The van der Waals surface area contributed by atoms with E-state index >= 15 is 0 Å². The van der Waals surface area contributed by atoms with Crippen LogP contribution in [0.2, 0.25) is 0 Å². The summed E-state index contributed by atoms with van der Waals surface area (Å²) in [6.07, 6.45) is -2.95. The van der Waals surface area contributed by atoms with E-state index in [0.29, 0.717) is 0 Å². The molecule has 0 atom stereocenters. The number of pyridine rings is 1. The first-order valence-corrected chi connectivity index (χ1v) is 4.26. The second kappa shape index (κ2) is 4.61. The number of aliphatic hydroxyl groups excluding tert-OH is 1. The number of aromatic nitrogens is 1. The zero-order valence-corrected chi connectivity index (χ0v) is 7.73. The highest BCUT2D eigenvalue weighted by atomic mass is 35.5. The summed E-state index contributed by atoms with van der Waals surface area (Å²) >= 11 is 5.33. The zero-order valence-electron chi connectivity index (χ0n) is 6.98. The number of rotatable bonds is 3. The molecule has 1 N–H and O–H groups in total. The molecule has 0 fully saturated rings. The van der Waals surface area contributed by atoms with Crippen LogP contribution < -0.4 is 0 Å². The maximum absolute atomic E-state index is 13.0. The van der Waals surface area contributed by atoms with Gasteiger partial charge in [0.2, 0.25) is 0 Å². The highest BCUT2D eigenvalue weighted by molar-refractivity contribution is 6.17. The fraction of sp³-hybridized carbons (Fsp3) is 0.375. The molecular formula is C8H7ClF3NO. The first-order chi connectivity index (χ1) is 6.60. The van der Waals surface area contributed by atoms with Gasteiger partial charge in [0.1, 0.15) is 5.82 Å². The summed E-state index contributed by atoms with van der Waals surface area (Å²) in [5.41, 5.74) is -1.04. The van der Waals surface area contributed by atoms with Gasteiger partial charge in [-0.15, -0.1) is 11.6 Å². The fourth-order valence-corrected chi connectivity index (χ4v) is 1.24. The molecule has 14 heavy (non-hydrogen) atoms. The van der Waals surface area contributed by atoms with Crippen LogP contribution in [0.15, 0.2) is 6.07 Å². The lowest BCUT2D eigenvalue weighted by Gasteiger charge is -2.08. The molecule has 0 saturated heterocycles. The lowest BCUT2D eigenvalue weighted by molar-refractivity contribution is 0.144. The van der Waals surface area contributed by atoms with E-state index in [1.807, 2.05) is 0 Å². The van der Waals surface area contributed by atoms with Gasteiger partial charge >= 0.3 is 0 Å². The molecule has 0 aliphatic heterocycles. The predicted molar refractivity (Wildman–Crippen MR) is 44.6 cm³/mol.